The van der Waals surface area contributed by atoms with Gasteiger partial charge in [-0.2, -0.15) is 0 Å². The fourth-order valence-corrected chi connectivity index (χ4v) is 1.49. The lowest BCUT2D eigenvalue weighted by atomic mass is 10.1. The second kappa shape index (κ2) is 4.41. The summed E-state index contributed by atoms with van der Waals surface area (Å²) in [5, 5.41) is 9.05. The highest BCUT2D eigenvalue weighted by atomic mass is 79.9. The van der Waals surface area contributed by atoms with Gasteiger partial charge in [-0.25, -0.2) is 9.18 Å². The average Bonchev–Trinajstić information content (AvgIpc) is 2.16. The van der Waals surface area contributed by atoms with Crippen LogP contribution in [0.3, 0.4) is 0 Å². The maximum Gasteiger partial charge on any atom is 0.338 e. The Labute approximate surface area is 88.6 Å². The summed E-state index contributed by atoms with van der Waals surface area (Å²) in [6, 6.07) is 2.32. The number of carbonyl (C=O) groups is 1. The van der Waals surface area contributed by atoms with Crippen LogP contribution in [0.25, 0.3) is 0 Å². The highest BCUT2D eigenvalue weighted by Crippen LogP contribution is 2.24. The number of halogens is 2. The van der Waals surface area contributed by atoms with Gasteiger partial charge in [-0.15, -0.1) is 0 Å². The summed E-state index contributed by atoms with van der Waals surface area (Å²) in [5.74, 6) is -1.70. The van der Waals surface area contributed by atoms with Crippen molar-refractivity contribution in [3.8, 4) is 5.75 Å². The van der Waals surface area contributed by atoms with Gasteiger partial charge in [-0.3, -0.25) is 0 Å². The zero-order valence-electron chi connectivity index (χ0n) is 7.38. The van der Waals surface area contributed by atoms with Crippen molar-refractivity contribution in [1.82, 2.24) is 0 Å². The van der Waals surface area contributed by atoms with E-state index in [0.717, 1.165) is 6.07 Å². The van der Waals surface area contributed by atoms with Crippen LogP contribution >= 0.6 is 15.9 Å². The summed E-state index contributed by atoms with van der Waals surface area (Å²) < 4.78 is 18.1. The predicted octanol–water partition coefficient (Wildman–Crippen LogP) is 2.43. The van der Waals surface area contributed by atoms with Gasteiger partial charge in [0, 0.05) is 10.9 Å². The highest BCUT2D eigenvalue weighted by Gasteiger charge is 2.14. The van der Waals surface area contributed by atoms with Crippen molar-refractivity contribution in [1.29, 1.82) is 0 Å². The minimum atomic E-state index is -1.30. The molecule has 0 aliphatic carbocycles. The SMILES string of the molecule is COc1cc(C(=O)O)c(F)cc1CBr. The molecule has 0 aliphatic rings. The molecule has 5 heteroatoms. The summed E-state index contributed by atoms with van der Waals surface area (Å²) >= 11 is 3.15. The predicted molar refractivity (Wildman–Crippen MR) is 52.5 cm³/mol. The first kappa shape index (κ1) is 11.0. The summed E-state index contributed by atoms with van der Waals surface area (Å²) in [6.45, 7) is 0. The number of methoxy groups -OCH3 is 1. The molecule has 0 saturated heterocycles. The van der Waals surface area contributed by atoms with E-state index in [1.807, 2.05) is 0 Å². The molecule has 0 unspecified atom stereocenters. The van der Waals surface area contributed by atoms with Gasteiger partial charge < -0.3 is 9.84 Å². The number of hydrogen-bond acceptors (Lipinski definition) is 2. The molecule has 0 radical (unpaired) electrons. The zero-order valence-corrected chi connectivity index (χ0v) is 8.97. The Hall–Kier alpha value is -1.10. The molecule has 0 fully saturated rings. The zero-order chi connectivity index (χ0) is 10.7. The Morgan fingerprint density at radius 1 is 1.64 bits per heavy atom. The molecule has 0 aromatic heterocycles. The Bertz CT molecular complexity index is 365. The van der Waals surface area contributed by atoms with E-state index in [0.29, 0.717) is 16.6 Å². The third kappa shape index (κ3) is 2.04. The van der Waals surface area contributed by atoms with E-state index in [1.165, 1.54) is 13.2 Å². The van der Waals surface area contributed by atoms with Crippen molar-refractivity contribution in [2.45, 2.75) is 5.33 Å². The fourth-order valence-electron chi connectivity index (χ4n) is 1.05. The molecular formula is C9H8BrFO3. The van der Waals surface area contributed by atoms with Crippen LogP contribution in [0.4, 0.5) is 4.39 Å². The number of ether oxygens (including phenoxy) is 1. The molecule has 76 valence electrons. The monoisotopic (exact) mass is 262 g/mol. The Balaban J connectivity index is 3.30. The number of carboxylic acid groups (broad SMARTS) is 1. The second-order valence-corrected chi connectivity index (χ2v) is 3.14. The number of hydrogen-bond donors (Lipinski definition) is 1. The molecule has 0 saturated carbocycles. The van der Waals surface area contributed by atoms with E-state index in [4.69, 9.17) is 9.84 Å². The molecule has 14 heavy (non-hydrogen) atoms. The molecule has 0 spiro atoms. The molecule has 0 bridgehead atoms. The van der Waals surface area contributed by atoms with E-state index >= 15 is 0 Å². The van der Waals surface area contributed by atoms with Gasteiger partial charge in [-0.05, 0) is 12.1 Å². The van der Waals surface area contributed by atoms with E-state index < -0.39 is 11.8 Å². The summed E-state index contributed by atoms with van der Waals surface area (Å²) in [5.41, 5.74) is 0.196. The Morgan fingerprint density at radius 3 is 2.71 bits per heavy atom. The van der Waals surface area contributed by atoms with Gasteiger partial charge in [0.05, 0.1) is 12.7 Å². The first-order valence-corrected chi connectivity index (χ1v) is 4.88. The van der Waals surface area contributed by atoms with Crippen LogP contribution < -0.4 is 4.74 Å². The van der Waals surface area contributed by atoms with E-state index in [9.17, 15) is 9.18 Å². The molecule has 1 aromatic rings. The van der Waals surface area contributed by atoms with Crippen LogP contribution in [-0.2, 0) is 5.33 Å². The van der Waals surface area contributed by atoms with Crippen molar-refractivity contribution >= 4 is 21.9 Å². The van der Waals surface area contributed by atoms with Crippen molar-refractivity contribution in [2.75, 3.05) is 7.11 Å². The summed E-state index contributed by atoms with van der Waals surface area (Å²) in [6.07, 6.45) is 0. The molecule has 1 N–H and O–H groups in total. The van der Waals surface area contributed by atoms with Crippen LogP contribution in [-0.4, -0.2) is 18.2 Å². The van der Waals surface area contributed by atoms with Gasteiger partial charge in [0.2, 0.25) is 0 Å². The van der Waals surface area contributed by atoms with Crippen molar-refractivity contribution in [3.63, 3.8) is 0 Å². The third-order valence-corrected chi connectivity index (χ3v) is 2.35. The lowest BCUT2D eigenvalue weighted by Crippen LogP contribution is -2.03. The number of carboxylic acids is 1. The van der Waals surface area contributed by atoms with Gasteiger partial charge >= 0.3 is 5.97 Å². The van der Waals surface area contributed by atoms with Crippen LogP contribution in [0, 0.1) is 5.82 Å². The number of aromatic carboxylic acids is 1. The first-order valence-electron chi connectivity index (χ1n) is 3.75. The van der Waals surface area contributed by atoms with Gasteiger partial charge in [0.1, 0.15) is 11.6 Å². The lowest BCUT2D eigenvalue weighted by Gasteiger charge is -2.07. The lowest BCUT2D eigenvalue weighted by molar-refractivity contribution is 0.0691. The normalized spacial score (nSPS) is 9.93. The minimum Gasteiger partial charge on any atom is -0.496 e. The van der Waals surface area contributed by atoms with Gasteiger partial charge in [-0.1, -0.05) is 15.9 Å². The second-order valence-electron chi connectivity index (χ2n) is 2.58. The van der Waals surface area contributed by atoms with Crippen molar-refractivity contribution in [2.24, 2.45) is 0 Å². The van der Waals surface area contributed by atoms with Gasteiger partial charge in [0.15, 0.2) is 0 Å². The number of benzene rings is 1. The first-order chi connectivity index (χ1) is 6.60. The number of alkyl halides is 1. The third-order valence-electron chi connectivity index (χ3n) is 1.74. The van der Waals surface area contributed by atoms with Crippen LogP contribution in [0.2, 0.25) is 0 Å². The smallest absolute Gasteiger partial charge is 0.338 e. The van der Waals surface area contributed by atoms with Crippen molar-refractivity contribution in [3.05, 3.63) is 29.1 Å². The molecular weight excluding hydrogens is 255 g/mol. The van der Waals surface area contributed by atoms with Crippen molar-refractivity contribution < 1.29 is 19.0 Å². The molecule has 1 aromatic carbocycles. The maximum absolute atomic E-state index is 13.1. The van der Waals surface area contributed by atoms with Crippen LogP contribution in [0.15, 0.2) is 12.1 Å². The number of rotatable bonds is 3. The van der Waals surface area contributed by atoms with Gasteiger partial charge in [0.25, 0.3) is 0 Å². The van der Waals surface area contributed by atoms with E-state index in [-0.39, 0.29) is 5.56 Å². The molecule has 0 aliphatic heterocycles. The largest absolute Gasteiger partial charge is 0.496 e. The topological polar surface area (TPSA) is 46.5 Å². The van der Waals surface area contributed by atoms with Crippen LogP contribution in [0.5, 0.6) is 5.75 Å². The standard InChI is InChI=1S/C9H8BrFO3/c1-14-8-3-6(9(12)13)7(11)2-5(8)4-10/h2-3H,4H2,1H3,(H,12,13). The molecule has 3 nitrogen and oxygen atoms in total. The van der Waals surface area contributed by atoms with Crippen LogP contribution in [0.1, 0.15) is 15.9 Å². The molecule has 0 amide bonds. The van der Waals surface area contributed by atoms with E-state index in [2.05, 4.69) is 15.9 Å². The highest BCUT2D eigenvalue weighted by molar-refractivity contribution is 9.08. The fraction of sp³-hybridized carbons (Fsp3) is 0.222. The minimum absolute atomic E-state index is 0.362. The average molecular weight is 263 g/mol. The Morgan fingerprint density at radius 2 is 2.29 bits per heavy atom. The van der Waals surface area contributed by atoms with E-state index in [1.54, 1.807) is 0 Å². The quantitative estimate of drug-likeness (QED) is 0.852. The maximum atomic E-state index is 13.1. The summed E-state index contributed by atoms with van der Waals surface area (Å²) in [4.78, 5) is 10.6. The summed E-state index contributed by atoms with van der Waals surface area (Å²) in [7, 11) is 1.41. The Kier molecular flexibility index (Phi) is 3.46. The molecule has 0 heterocycles. The molecule has 1 rings (SSSR count). The molecule has 0 atom stereocenters.